The van der Waals surface area contributed by atoms with E-state index < -0.39 is 18.4 Å². The fourth-order valence-corrected chi connectivity index (χ4v) is 0.824. The lowest BCUT2D eigenvalue weighted by Crippen LogP contribution is -2.38. The number of halogens is 3. The number of ether oxygens (including phenoxy) is 1. The van der Waals surface area contributed by atoms with Crippen LogP contribution in [0.1, 0.15) is 20.8 Å². The summed E-state index contributed by atoms with van der Waals surface area (Å²) in [4.78, 5) is 0. The van der Waals surface area contributed by atoms with E-state index in [4.69, 9.17) is 10.5 Å². The van der Waals surface area contributed by atoms with Gasteiger partial charge in [0.15, 0.2) is 6.10 Å². The predicted molar refractivity (Wildman–Crippen MR) is 44.3 cm³/mol. The first-order valence-corrected chi connectivity index (χ1v) is 4.21. The Bertz CT molecular complexity index is 147. The lowest BCUT2D eigenvalue weighted by molar-refractivity contribution is -0.229. The van der Waals surface area contributed by atoms with Crippen molar-refractivity contribution in [2.75, 3.05) is 6.54 Å². The summed E-state index contributed by atoms with van der Waals surface area (Å²) in [5.74, 6) is -0.00481. The average Bonchev–Trinajstić information content (AvgIpc) is 1.96. The van der Waals surface area contributed by atoms with Crippen molar-refractivity contribution in [1.82, 2.24) is 0 Å². The van der Waals surface area contributed by atoms with Crippen LogP contribution in [0.25, 0.3) is 0 Å². The Kier molecular flexibility index (Phi) is 4.70. The van der Waals surface area contributed by atoms with Gasteiger partial charge in [0.25, 0.3) is 0 Å². The molecule has 80 valence electrons. The zero-order chi connectivity index (χ0) is 10.6. The van der Waals surface area contributed by atoms with Crippen LogP contribution in [0.4, 0.5) is 13.2 Å². The summed E-state index contributed by atoms with van der Waals surface area (Å²) < 4.78 is 40.9. The largest absolute Gasteiger partial charge is 0.414 e. The first-order valence-electron chi connectivity index (χ1n) is 4.21. The Morgan fingerprint density at radius 2 is 1.69 bits per heavy atom. The van der Waals surface area contributed by atoms with Crippen LogP contribution in [-0.4, -0.2) is 24.9 Å². The molecule has 0 aromatic carbocycles. The van der Waals surface area contributed by atoms with E-state index in [1.165, 1.54) is 0 Å². The van der Waals surface area contributed by atoms with E-state index >= 15 is 0 Å². The summed E-state index contributed by atoms with van der Waals surface area (Å²) in [5, 5.41) is 0. The fraction of sp³-hybridized carbons (Fsp3) is 1.00. The molecule has 0 amide bonds. The number of hydrogen-bond acceptors (Lipinski definition) is 2. The second kappa shape index (κ2) is 4.81. The zero-order valence-electron chi connectivity index (χ0n) is 8.06. The van der Waals surface area contributed by atoms with Gasteiger partial charge >= 0.3 is 6.18 Å². The van der Waals surface area contributed by atoms with Gasteiger partial charge < -0.3 is 10.5 Å². The van der Waals surface area contributed by atoms with Gasteiger partial charge in [-0.25, -0.2) is 0 Å². The van der Waals surface area contributed by atoms with Gasteiger partial charge in [-0.15, -0.1) is 0 Å². The standard InChI is InChI=1S/C8H16F3NO/c1-5(2)7(4-12)13-6(3)8(9,10)11/h5-7H,4,12H2,1-3H3. The van der Waals surface area contributed by atoms with Crippen molar-refractivity contribution in [2.24, 2.45) is 11.7 Å². The van der Waals surface area contributed by atoms with E-state index in [1.807, 2.05) is 0 Å². The van der Waals surface area contributed by atoms with Gasteiger partial charge in [0.2, 0.25) is 0 Å². The molecule has 2 unspecified atom stereocenters. The zero-order valence-corrected chi connectivity index (χ0v) is 8.06. The Labute approximate surface area is 76.2 Å². The highest BCUT2D eigenvalue weighted by molar-refractivity contribution is 4.69. The minimum atomic E-state index is -4.30. The maximum Gasteiger partial charge on any atom is 0.414 e. The lowest BCUT2D eigenvalue weighted by Gasteiger charge is -2.25. The van der Waals surface area contributed by atoms with Gasteiger partial charge in [0, 0.05) is 6.54 Å². The average molecular weight is 199 g/mol. The van der Waals surface area contributed by atoms with Crippen LogP contribution in [0, 0.1) is 5.92 Å². The molecule has 2 N–H and O–H groups in total. The van der Waals surface area contributed by atoms with Gasteiger partial charge in [-0.1, -0.05) is 13.8 Å². The molecule has 13 heavy (non-hydrogen) atoms. The third kappa shape index (κ3) is 4.47. The summed E-state index contributed by atoms with van der Waals surface area (Å²) in [5.41, 5.74) is 5.27. The molecule has 0 bridgehead atoms. The molecular formula is C8H16F3NO. The van der Waals surface area contributed by atoms with E-state index in [-0.39, 0.29) is 12.5 Å². The Morgan fingerprint density at radius 3 is 1.92 bits per heavy atom. The third-order valence-corrected chi connectivity index (χ3v) is 1.82. The Balaban J connectivity index is 4.09. The number of rotatable bonds is 4. The van der Waals surface area contributed by atoms with Crippen molar-refractivity contribution in [1.29, 1.82) is 0 Å². The SMILES string of the molecule is CC(C)C(CN)OC(C)C(F)(F)F. The normalized spacial score (nSPS) is 17.5. The molecule has 0 fully saturated rings. The fourth-order valence-electron chi connectivity index (χ4n) is 0.824. The molecule has 0 spiro atoms. The summed E-state index contributed by atoms with van der Waals surface area (Å²) in [7, 11) is 0. The second-order valence-electron chi connectivity index (χ2n) is 3.34. The number of hydrogen-bond donors (Lipinski definition) is 1. The van der Waals surface area contributed by atoms with E-state index in [0.29, 0.717) is 0 Å². The molecule has 0 aromatic rings. The van der Waals surface area contributed by atoms with Crippen molar-refractivity contribution in [3.8, 4) is 0 Å². The highest BCUT2D eigenvalue weighted by atomic mass is 19.4. The molecule has 0 radical (unpaired) electrons. The van der Waals surface area contributed by atoms with Crippen molar-refractivity contribution >= 4 is 0 Å². The molecule has 0 heterocycles. The van der Waals surface area contributed by atoms with Crippen molar-refractivity contribution in [3.05, 3.63) is 0 Å². The summed E-state index contributed by atoms with van der Waals surface area (Å²) in [6.07, 6.45) is -6.58. The van der Waals surface area contributed by atoms with Gasteiger partial charge in [0.1, 0.15) is 0 Å². The van der Waals surface area contributed by atoms with Crippen LogP contribution >= 0.6 is 0 Å². The minimum Gasteiger partial charge on any atom is -0.364 e. The van der Waals surface area contributed by atoms with Crippen molar-refractivity contribution in [3.63, 3.8) is 0 Å². The molecule has 2 atom stereocenters. The molecule has 0 saturated carbocycles. The molecule has 0 saturated heterocycles. The smallest absolute Gasteiger partial charge is 0.364 e. The van der Waals surface area contributed by atoms with Crippen LogP contribution in [-0.2, 0) is 4.74 Å². The summed E-state index contributed by atoms with van der Waals surface area (Å²) >= 11 is 0. The van der Waals surface area contributed by atoms with Crippen molar-refractivity contribution in [2.45, 2.75) is 39.2 Å². The van der Waals surface area contributed by atoms with Gasteiger partial charge in [-0.3, -0.25) is 0 Å². The predicted octanol–water partition coefficient (Wildman–Crippen LogP) is 1.94. The highest BCUT2D eigenvalue weighted by Crippen LogP contribution is 2.24. The quantitative estimate of drug-likeness (QED) is 0.750. The highest BCUT2D eigenvalue weighted by Gasteiger charge is 2.38. The van der Waals surface area contributed by atoms with Crippen molar-refractivity contribution < 1.29 is 17.9 Å². The molecule has 0 aliphatic rings. The van der Waals surface area contributed by atoms with E-state index in [0.717, 1.165) is 6.92 Å². The van der Waals surface area contributed by atoms with E-state index in [1.54, 1.807) is 13.8 Å². The Hall–Kier alpha value is -0.290. The number of alkyl halides is 3. The van der Waals surface area contributed by atoms with Crippen LogP contribution in [0.2, 0.25) is 0 Å². The monoisotopic (exact) mass is 199 g/mol. The molecule has 0 aliphatic carbocycles. The van der Waals surface area contributed by atoms with Gasteiger partial charge in [-0.05, 0) is 12.8 Å². The van der Waals surface area contributed by atoms with Crippen LogP contribution in [0.5, 0.6) is 0 Å². The molecule has 0 rings (SSSR count). The van der Waals surface area contributed by atoms with Gasteiger partial charge in [0.05, 0.1) is 6.10 Å². The topological polar surface area (TPSA) is 35.2 Å². The summed E-state index contributed by atoms with van der Waals surface area (Å²) in [6, 6.07) is 0. The first-order chi connectivity index (χ1) is 5.79. The molecule has 0 aromatic heterocycles. The van der Waals surface area contributed by atoms with Crippen LogP contribution < -0.4 is 5.73 Å². The van der Waals surface area contributed by atoms with E-state index in [2.05, 4.69) is 0 Å². The van der Waals surface area contributed by atoms with Gasteiger partial charge in [-0.2, -0.15) is 13.2 Å². The Morgan fingerprint density at radius 1 is 1.23 bits per heavy atom. The summed E-state index contributed by atoms with van der Waals surface area (Å²) in [6.45, 7) is 4.66. The molecule has 0 aliphatic heterocycles. The van der Waals surface area contributed by atoms with Crippen LogP contribution in [0.3, 0.4) is 0 Å². The third-order valence-electron chi connectivity index (χ3n) is 1.82. The minimum absolute atomic E-state index is 0.00481. The molecule has 2 nitrogen and oxygen atoms in total. The first kappa shape index (κ1) is 12.7. The molecular weight excluding hydrogens is 183 g/mol. The lowest BCUT2D eigenvalue weighted by atomic mass is 10.1. The number of nitrogens with two attached hydrogens (primary N) is 1. The maximum atomic E-state index is 12.0. The van der Waals surface area contributed by atoms with E-state index in [9.17, 15) is 13.2 Å². The second-order valence-corrected chi connectivity index (χ2v) is 3.34. The molecule has 5 heteroatoms. The maximum absolute atomic E-state index is 12.0. The van der Waals surface area contributed by atoms with Crippen LogP contribution in [0.15, 0.2) is 0 Å².